The van der Waals surface area contributed by atoms with Crippen LogP contribution in [-0.4, -0.2) is 31.1 Å². The Hall–Kier alpha value is -0.380. The second kappa shape index (κ2) is 7.27. The number of nitrogens with zero attached hydrogens (tertiary/aromatic N) is 1. The van der Waals surface area contributed by atoms with Crippen LogP contribution >= 0.6 is 11.3 Å². The first-order valence-corrected chi connectivity index (χ1v) is 7.80. The fourth-order valence-corrected chi connectivity index (χ4v) is 2.87. The summed E-state index contributed by atoms with van der Waals surface area (Å²) in [6.07, 6.45) is 1.21. The average molecular weight is 268 g/mol. The van der Waals surface area contributed by atoms with Crippen LogP contribution < -0.4 is 5.32 Å². The number of hydrogen-bond acceptors (Lipinski definition) is 3. The van der Waals surface area contributed by atoms with Gasteiger partial charge in [-0.3, -0.25) is 0 Å². The maximum absolute atomic E-state index is 3.61. The molecule has 0 saturated carbocycles. The van der Waals surface area contributed by atoms with E-state index in [1.165, 1.54) is 12.0 Å². The van der Waals surface area contributed by atoms with Crippen LogP contribution in [0.1, 0.15) is 39.7 Å². The van der Waals surface area contributed by atoms with Gasteiger partial charge in [0.05, 0.1) is 0 Å². The van der Waals surface area contributed by atoms with E-state index in [1.54, 1.807) is 11.3 Å². The molecule has 0 fully saturated rings. The van der Waals surface area contributed by atoms with E-state index >= 15 is 0 Å². The third-order valence-corrected chi connectivity index (χ3v) is 4.06. The summed E-state index contributed by atoms with van der Waals surface area (Å²) in [5.41, 5.74) is 1.76. The van der Waals surface area contributed by atoms with Crippen molar-refractivity contribution in [3.05, 3.63) is 22.4 Å². The molecule has 0 aromatic carbocycles. The molecule has 0 aliphatic rings. The largest absolute Gasteiger partial charge is 0.314 e. The summed E-state index contributed by atoms with van der Waals surface area (Å²) >= 11 is 1.78. The molecule has 0 amide bonds. The van der Waals surface area contributed by atoms with Gasteiger partial charge in [0.25, 0.3) is 0 Å². The van der Waals surface area contributed by atoms with Gasteiger partial charge < -0.3 is 10.2 Å². The van der Waals surface area contributed by atoms with Crippen LogP contribution in [0.3, 0.4) is 0 Å². The molecule has 1 heterocycles. The Balaban J connectivity index is 2.37. The number of nitrogens with one attached hydrogen (secondary N) is 1. The van der Waals surface area contributed by atoms with E-state index in [0.29, 0.717) is 11.5 Å². The zero-order valence-electron chi connectivity index (χ0n) is 12.5. The number of rotatable bonds is 7. The van der Waals surface area contributed by atoms with Crippen molar-refractivity contribution >= 4 is 11.3 Å². The number of thiophene rings is 1. The Morgan fingerprint density at radius 3 is 2.61 bits per heavy atom. The minimum absolute atomic E-state index is 0.333. The van der Waals surface area contributed by atoms with Crippen molar-refractivity contribution in [2.75, 3.05) is 20.1 Å². The molecule has 1 rings (SSSR count). The van der Waals surface area contributed by atoms with E-state index in [2.05, 4.69) is 61.8 Å². The van der Waals surface area contributed by atoms with Crippen LogP contribution in [-0.2, 0) is 6.54 Å². The van der Waals surface area contributed by atoms with E-state index in [4.69, 9.17) is 0 Å². The fourth-order valence-electron chi connectivity index (χ4n) is 2.21. The van der Waals surface area contributed by atoms with Gasteiger partial charge in [0.1, 0.15) is 0 Å². The highest BCUT2D eigenvalue weighted by atomic mass is 32.1. The summed E-state index contributed by atoms with van der Waals surface area (Å²) in [5.74, 6) is 0. The fraction of sp³-hybridized carbons (Fsp3) is 0.733. The Morgan fingerprint density at radius 1 is 1.39 bits per heavy atom. The number of hydrogen-bond donors (Lipinski definition) is 1. The second-order valence-electron chi connectivity index (χ2n) is 6.13. The van der Waals surface area contributed by atoms with Gasteiger partial charge in [-0.15, -0.1) is 0 Å². The van der Waals surface area contributed by atoms with E-state index in [9.17, 15) is 0 Å². The summed E-state index contributed by atoms with van der Waals surface area (Å²) in [7, 11) is 2.21. The molecule has 1 aromatic rings. The molecule has 1 N–H and O–H groups in total. The summed E-state index contributed by atoms with van der Waals surface area (Å²) in [5, 5.41) is 8.00. The lowest BCUT2D eigenvalue weighted by Crippen LogP contribution is -2.42. The topological polar surface area (TPSA) is 15.3 Å². The highest BCUT2D eigenvalue weighted by molar-refractivity contribution is 7.07. The van der Waals surface area contributed by atoms with Gasteiger partial charge in [-0.2, -0.15) is 11.3 Å². The molecular formula is C15H28N2S. The first kappa shape index (κ1) is 15.7. The molecule has 0 aliphatic carbocycles. The van der Waals surface area contributed by atoms with E-state index in [0.717, 1.165) is 19.6 Å². The van der Waals surface area contributed by atoms with Gasteiger partial charge in [0, 0.05) is 12.6 Å². The molecule has 0 aliphatic heterocycles. The van der Waals surface area contributed by atoms with Crippen molar-refractivity contribution in [1.29, 1.82) is 0 Å². The normalized spacial score (nSPS) is 14.1. The van der Waals surface area contributed by atoms with Gasteiger partial charge >= 0.3 is 0 Å². The van der Waals surface area contributed by atoms with Crippen LogP contribution in [0.2, 0.25) is 0 Å². The Morgan fingerprint density at radius 2 is 2.11 bits per heavy atom. The monoisotopic (exact) mass is 268 g/mol. The minimum Gasteiger partial charge on any atom is -0.314 e. The highest BCUT2D eigenvalue weighted by Crippen LogP contribution is 2.22. The maximum atomic E-state index is 3.61. The smallest absolute Gasteiger partial charge is 0.0238 e. The summed E-state index contributed by atoms with van der Waals surface area (Å²) in [6.45, 7) is 12.4. The predicted octanol–water partition coefficient (Wildman–Crippen LogP) is 3.59. The van der Waals surface area contributed by atoms with Gasteiger partial charge in [0.2, 0.25) is 0 Å². The average Bonchev–Trinajstić information content (AvgIpc) is 2.75. The van der Waals surface area contributed by atoms with E-state index < -0.39 is 0 Å². The Bertz CT molecular complexity index is 314. The van der Waals surface area contributed by atoms with E-state index in [-0.39, 0.29) is 0 Å². The van der Waals surface area contributed by atoms with E-state index in [1.807, 2.05) is 0 Å². The third kappa shape index (κ3) is 5.51. The minimum atomic E-state index is 0.333. The molecule has 0 bridgehead atoms. The molecule has 1 unspecified atom stereocenters. The third-order valence-electron chi connectivity index (χ3n) is 3.33. The lowest BCUT2D eigenvalue weighted by atomic mass is 9.84. The van der Waals surface area contributed by atoms with Crippen LogP contribution in [0.15, 0.2) is 16.8 Å². The van der Waals surface area contributed by atoms with Crippen molar-refractivity contribution in [1.82, 2.24) is 10.2 Å². The van der Waals surface area contributed by atoms with Gasteiger partial charge in [0.15, 0.2) is 0 Å². The molecule has 104 valence electrons. The predicted molar refractivity (Wildman–Crippen MR) is 82.2 cm³/mol. The molecule has 1 atom stereocenters. The Labute approximate surface area is 116 Å². The van der Waals surface area contributed by atoms with Crippen LogP contribution in [0.25, 0.3) is 0 Å². The van der Waals surface area contributed by atoms with Crippen LogP contribution in [0.4, 0.5) is 0 Å². The zero-order chi connectivity index (χ0) is 13.6. The second-order valence-corrected chi connectivity index (χ2v) is 6.91. The van der Waals surface area contributed by atoms with Crippen molar-refractivity contribution in [3.8, 4) is 0 Å². The lowest BCUT2D eigenvalue weighted by Gasteiger charge is -2.32. The van der Waals surface area contributed by atoms with Crippen molar-refractivity contribution in [3.63, 3.8) is 0 Å². The molecule has 0 saturated heterocycles. The molecule has 2 nitrogen and oxygen atoms in total. The molecular weight excluding hydrogens is 240 g/mol. The highest BCUT2D eigenvalue weighted by Gasteiger charge is 2.23. The van der Waals surface area contributed by atoms with Gasteiger partial charge in [-0.05, 0) is 54.4 Å². The Kier molecular flexibility index (Phi) is 6.33. The lowest BCUT2D eigenvalue weighted by molar-refractivity contribution is 0.221. The SMILES string of the molecule is CCNC(CCN(C)Cc1ccsc1)C(C)(C)C. The van der Waals surface area contributed by atoms with Crippen LogP contribution in [0, 0.1) is 5.41 Å². The quantitative estimate of drug-likeness (QED) is 0.813. The maximum Gasteiger partial charge on any atom is 0.0238 e. The van der Waals surface area contributed by atoms with Gasteiger partial charge in [-0.25, -0.2) is 0 Å². The first-order valence-electron chi connectivity index (χ1n) is 6.86. The van der Waals surface area contributed by atoms with Crippen LogP contribution in [0.5, 0.6) is 0 Å². The molecule has 0 radical (unpaired) electrons. The molecule has 18 heavy (non-hydrogen) atoms. The summed E-state index contributed by atoms with van der Waals surface area (Å²) < 4.78 is 0. The zero-order valence-corrected chi connectivity index (χ0v) is 13.3. The summed E-state index contributed by atoms with van der Waals surface area (Å²) in [4.78, 5) is 2.41. The van der Waals surface area contributed by atoms with Gasteiger partial charge in [-0.1, -0.05) is 27.7 Å². The standard InChI is InChI=1S/C15H28N2S/c1-6-16-14(15(2,3)4)7-9-17(5)11-13-8-10-18-12-13/h8,10,12,14,16H,6-7,9,11H2,1-5H3. The molecule has 0 spiro atoms. The van der Waals surface area contributed by atoms with Crippen molar-refractivity contribution < 1.29 is 0 Å². The van der Waals surface area contributed by atoms with Crippen molar-refractivity contribution in [2.45, 2.75) is 46.7 Å². The van der Waals surface area contributed by atoms with Crippen molar-refractivity contribution in [2.24, 2.45) is 5.41 Å². The molecule has 1 aromatic heterocycles. The first-order chi connectivity index (χ1) is 8.43. The summed E-state index contributed by atoms with van der Waals surface area (Å²) in [6, 6.07) is 2.81. The molecule has 3 heteroatoms.